The minimum Gasteiger partial charge on any atom is -0.336 e. The molecule has 3 aromatic rings. The van der Waals surface area contributed by atoms with Crippen LogP contribution in [0.4, 0.5) is 10.5 Å². The Kier molecular flexibility index (Phi) is 7.62. The van der Waals surface area contributed by atoms with E-state index in [9.17, 15) is 9.59 Å². The van der Waals surface area contributed by atoms with Gasteiger partial charge in [0.2, 0.25) is 5.91 Å². The SMILES string of the molecule is C=CC#CCCCn1c(CN2C(=O)C3(CCN(C(=O)NC(C)C)CC3)c3ccncc32)nc2cc(Cl)ccc21. The summed E-state index contributed by atoms with van der Waals surface area (Å²) in [6, 6.07) is 7.63. The Morgan fingerprint density at radius 1 is 1.28 bits per heavy atom. The fraction of sp³-hybridized carbons (Fsp3) is 0.400. The molecule has 1 fully saturated rings. The smallest absolute Gasteiger partial charge is 0.317 e. The third-order valence-corrected chi connectivity index (χ3v) is 7.79. The predicted octanol–water partition coefficient (Wildman–Crippen LogP) is 5.05. The summed E-state index contributed by atoms with van der Waals surface area (Å²) in [4.78, 5) is 39.7. The van der Waals surface area contributed by atoms with Gasteiger partial charge in [0.05, 0.1) is 34.9 Å². The number of imidazole rings is 1. The third-order valence-electron chi connectivity index (χ3n) is 7.55. The molecule has 4 heterocycles. The molecule has 0 atom stereocenters. The molecular weight excluding hydrogens is 512 g/mol. The van der Waals surface area contributed by atoms with Crippen LogP contribution in [0.1, 0.15) is 50.9 Å². The lowest BCUT2D eigenvalue weighted by molar-refractivity contribution is -0.124. The van der Waals surface area contributed by atoms with Crippen LogP contribution in [-0.2, 0) is 23.3 Å². The van der Waals surface area contributed by atoms with E-state index in [1.54, 1.807) is 23.4 Å². The van der Waals surface area contributed by atoms with Gasteiger partial charge in [-0.1, -0.05) is 30.0 Å². The van der Waals surface area contributed by atoms with Crippen LogP contribution in [0.5, 0.6) is 0 Å². The lowest BCUT2D eigenvalue weighted by Crippen LogP contribution is -2.53. The van der Waals surface area contributed by atoms with E-state index in [0.29, 0.717) is 44.0 Å². The zero-order chi connectivity index (χ0) is 27.6. The summed E-state index contributed by atoms with van der Waals surface area (Å²) in [7, 11) is 0. The number of halogens is 1. The number of anilines is 1. The molecule has 0 unspecified atom stereocenters. The molecule has 2 aromatic heterocycles. The number of rotatable bonds is 6. The summed E-state index contributed by atoms with van der Waals surface area (Å²) in [5.74, 6) is 6.83. The maximum absolute atomic E-state index is 14.2. The second-order valence-electron chi connectivity index (χ2n) is 10.4. The van der Waals surface area contributed by atoms with Crippen molar-refractivity contribution >= 4 is 40.3 Å². The van der Waals surface area contributed by atoms with Gasteiger partial charge in [0.15, 0.2) is 0 Å². The Bertz CT molecular complexity index is 1480. The number of fused-ring (bicyclic) bond motifs is 3. The fourth-order valence-corrected chi connectivity index (χ4v) is 5.86. The topological polar surface area (TPSA) is 83.4 Å². The molecular formula is C30H33ClN6O2. The van der Waals surface area contributed by atoms with Crippen LogP contribution >= 0.6 is 11.6 Å². The number of allylic oxidation sites excluding steroid dienone is 1. The molecule has 9 heteroatoms. The number of unbranched alkanes of at least 4 members (excludes halogenated alkanes) is 1. The van der Waals surface area contributed by atoms with Gasteiger partial charge in [-0.2, -0.15) is 0 Å². The van der Waals surface area contributed by atoms with Gasteiger partial charge in [-0.3, -0.25) is 9.78 Å². The molecule has 202 valence electrons. The van der Waals surface area contributed by atoms with Crippen LogP contribution < -0.4 is 10.2 Å². The summed E-state index contributed by atoms with van der Waals surface area (Å²) in [5, 5.41) is 3.58. The van der Waals surface area contributed by atoms with Gasteiger partial charge < -0.3 is 19.7 Å². The predicted molar refractivity (Wildman–Crippen MR) is 154 cm³/mol. The highest BCUT2D eigenvalue weighted by molar-refractivity contribution is 6.31. The highest BCUT2D eigenvalue weighted by Crippen LogP contribution is 2.48. The number of nitrogens with one attached hydrogen (secondary N) is 1. The number of urea groups is 1. The number of piperidine rings is 1. The van der Waals surface area contributed by atoms with Crippen molar-refractivity contribution in [2.24, 2.45) is 0 Å². The van der Waals surface area contributed by atoms with Gasteiger partial charge in [0.25, 0.3) is 0 Å². The Morgan fingerprint density at radius 3 is 2.82 bits per heavy atom. The van der Waals surface area contributed by atoms with Crippen LogP contribution in [0.2, 0.25) is 5.02 Å². The number of pyridine rings is 1. The van der Waals surface area contributed by atoms with Gasteiger partial charge in [0.1, 0.15) is 5.82 Å². The molecule has 0 radical (unpaired) electrons. The standard InChI is InChI=1S/C30H33ClN6O2/c1-4-5-6-7-8-15-36-25-10-9-22(31)18-24(25)34-27(36)20-37-26-19-32-14-11-23(26)30(28(37)38)12-16-35(17-13-30)29(39)33-21(2)3/h4,9-11,14,18-19,21H,1,7-8,12-13,15-17,20H2,2-3H3,(H,33,39). The van der Waals surface area contributed by atoms with Crippen molar-refractivity contribution in [2.45, 2.75) is 64.1 Å². The first-order chi connectivity index (χ1) is 18.8. The number of nitrogens with zero attached hydrogens (tertiary/aromatic N) is 5. The largest absolute Gasteiger partial charge is 0.336 e. The van der Waals surface area contributed by atoms with Crippen molar-refractivity contribution in [1.29, 1.82) is 0 Å². The van der Waals surface area contributed by atoms with E-state index in [1.807, 2.05) is 43.0 Å². The van der Waals surface area contributed by atoms with Gasteiger partial charge >= 0.3 is 6.03 Å². The lowest BCUT2D eigenvalue weighted by Gasteiger charge is -2.38. The number of likely N-dealkylation sites (tertiary alicyclic amines) is 1. The molecule has 2 aliphatic heterocycles. The minimum atomic E-state index is -0.673. The maximum atomic E-state index is 14.2. The van der Waals surface area contributed by atoms with E-state index >= 15 is 0 Å². The van der Waals surface area contributed by atoms with E-state index in [0.717, 1.165) is 41.0 Å². The molecule has 0 saturated carbocycles. The quantitative estimate of drug-likeness (QED) is 0.347. The summed E-state index contributed by atoms with van der Waals surface area (Å²) >= 11 is 6.28. The van der Waals surface area contributed by atoms with Crippen LogP contribution in [0.3, 0.4) is 0 Å². The van der Waals surface area contributed by atoms with E-state index in [1.165, 1.54) is 0 Å². The molecule has 1 aromatic carbocycles. The first-order valence-electron chi connectivity index (χ1n) is 13.4. The van der Waals surface area contributed by atoms with E-state index in [4.69, 9.17) is 16.6 Å². The molecule has 2 aliphatic rings. The van der Waals surface area contributed by atoms with Crippen LogP contribution in [-0.4, -0.2) is 50.5 Å². The van der Waals surface area contributed by atoms with Gasteiger partial charge in [0, 0.05) is 43.3 Å². The lowest BCUT2D eigenvalue weighted by atomic mass is 9.74. The Morgan fingerprint density at radius 2 is 2.08 bits per heavy atom. The molecule has 1 N–H and O–H groups in total. The summed E-state index contributed by atoms with van der Waals surface area (Å²) in [6.07, 6.45) is 7.83. The Labute approximate surface area is 234 Å². The second-order valence-corrected chi connectivity index (χ2v) is 10.8. The van der Waals surface area contributed by atoms with Crippen molar-refractivity contribution in [2.75, 3.05) is 18.0 Å². The van der Waals surface area contributed by atoms with Crippen molar-refractivity contribution in [3.05, 3.63) is 65.7 Å². The molecule has 8 nitrogen and oxygen atoms in total. The number of aromatic nitrogens is 3. The summed E-state index contributed by atoms with van der Waals surface area (Å²) in [6.45, 7) is 9.61. The molecule has 5 rings (SSSR count). The number of aryl methyl sites for hydroxylation is 1. The number of carbonyl (C=O) groups is 2. The number of hydrogen-bond acceptors (Lipinski definition) is 4. The van der Waals surface area contributed by atoms with Crippen LogP contribution in [0, 0.1) is 11.8 Å². The van der Waals surface area contributed by atoms with E-state index < -0.39 is 5.41 Å². The average molecular weight is 545 g/mol. The highest BCUT2D eigenvalue weighted by atomic mass is 35.5. The first kappa shape index (κ1) is 26.8. The third kappa shape index (κ3) is 5.11. The number of carbonyl (C=O) groups excluding carboxylic acids is 2. The summed E-state index contributed by atoms with van der Waals surface area (Å²) < 4.78 is 2.16. The molecule has 39 heavy (non-hydrogen) atoms. The number of benzene rings is 1. The second kappa shape index (κ2) is 11.1. The minimum absolute atomic E-state index is 0.0444. The van der Waals surface area contributed by atoms with E-state index in [2.05, 4.69) is 33.3 Å². The van der Waals surface area contributed by atoms with Crippen LogP contribution in [0.15, 0.2) is 49.3 Å². The van der Waals surface area contributed by atoms with Crippen LogP contribution in [0.25, 0.3) is 11.0 Å². The molecule has 1 spiro atoms. The monoisotopic (exact) mass is 544 g/mol. The highest BCUT2D eigenvalue weighted by Gasteiger charge is 2.52. The average Bonchev–Trinajstić information content (AvgIpc) is 3.36. The zero-order valence-corrected chi connectivity index (χ0v) is 23.2. The Balaban J connectivity index is 1.44. The van der Waals surface area contributed by atoms with Gasteiger partial charge in [-0.05, 0) is 69.0 Å². The maximum Gasteiger partial charge on any atom is 0.317 e. The zero-order valence-electron chi connectivity index (χ0n) is 22.4. The first-order valence-corrected chi connectivity index (χ1v) is 13.8. The van der Waals surface area contributed by atoms with Crippen molar-refractivity contribution in [1.82, 2.24) is 24.8 Å². The Hall–Kier alpha value is -3.83. The van der Waals surface area contributed by atoms with E-state index in [-0.39, 0.29) is 18.0 Å². The molecule has 0 bridgehead atoms. The van der Waals surface area contributed by atoms with Gasteiger partial charge in [-0.25, -0.2) is 9.78 Å². The van der Waals surface area contributed by atoms with Crippen molar-refractivity contribution in [3.8, 4) is 11.8 Å². The van der Waals surface area contributed by atoms with Crippen molar-refractivity contribution < 1.29 is 9.59 Å². The number of hydrogen-bond donors (Lipinski definition) is 1. The normalized spacial score (nSPS) is 15.9. The van der Waals surface area contributed by atoms with Crippen molar-refractivity contribution in [3.63, 3.8) is 0 Å². The molecule has 3 amide bonds. The fourth-order valence-electron chi connectivity index (χ4n) is 5.69. The molecule has 0 aliphatic carbocycles. The summed E-state index contributed by atoms with van der Waals surface area (Å²) in [5.41, 5.74) is 2.90. The van der Waals surface area contributed by atoms with Gasteiger partial charge in [-0.15, -0.1) is 0 Å². The molecule has 1 saturated heterocycles. The number of amides is 3.